The van der Waals surface area contributed by atoms with Crippen molar-refractivity contribution in [1.82, 2.24) is 0 Å². The maximum absolute atomic E-state index is 5.27. The third-order valence-corrected chi connectivity index (χ3v) is 1.81. The highest BCUT2D eigenvalue weighted by Crippen LogP contribution is 2.14. The van der Waals surface area contributed by atoms with Gasteiger partial charge < -0.3 is 4.74 Å². The van der Waals surface area contributed by atoms with E-state index in [-0.39, 0.29) is 5.44 Å². The van der Waals surface area contributed by atoms with Gasteiger partial charge in [0.05, 0.1) is 5.44 Å². The number of ether oxygens (including phenoxy) is 1. The minimum atomic E-state index is 0.220. The Balaban J connectivity index is 2.17. The lowest BCUT2D eigenvalue weighted by molar-refractivity contribution is 0.121. The molecule has 2 heteroatoms. The first-order valence-corrected chi connectivity index (χ1v) is 3.71. The summed E-state index contributed by atoms with van der Waals surface area (Å²) in [7, 11) is 0. The van der Waals surface area contributed by atoms with Gasteiger partial charge in [0, 0.05) is 6.61 Å². The van der Waals surface area contributed by atoms with Crippen LogP contribution in [0.15, 0.2) is 0 Å². The van der Waals surface area contributed by atoms with Crippen LogP contribution in [0.1, 0.15) is 25.7 Å². The fourth-order valence-corrected chi connectivity index (χ4v) is 1.19. The van der Waals surface area contributed by atoms with Crippen LogP contribution in [0.25, 0.3) is 0 Å². The Kier molecular flexibility index (Phi) is 2.70. The fourth-order valence-electron chi connectivity index (χ4n) is 0.901. The second-order valence-corrected chi connectivity index (χ2v) is 2.75. The van der Waals surface area contributed by atoms with Gasteiger partial charge in [0.2, 0.25) is 0 Å². The Morgan fingerprint density at radius 3 is 3.00 bits per heavy atom. The molecule has 48 valence electrons. The molecule has 1 aliphatic rings. The molecule has 1 rings (SSSR count). The first-order valence-electron chi connectivity index (χ1n) is 3.19. The summed E-state index contributed by atoms with van der Waals surface area (Å²) in [4.78, 5) is 0. The van der Waals surface area contributed by atoms with Gasteiger partial charge >= 0.3 is 0 Å². The number of thiol groups is 1. The van der Waals surface area contributed by atoms with E-state index in [0.29, 0.717) is 0 Å². The molecule has 0 N–H and O–H groups in total. The zero-order valence-corrected chi connectivity index (χ0v) is 5.86. The normalized spacial score (nSPS) is 31.9. The summed E-state index contributed by atoms with van der Waals surface area (Å²) < 4.78 is 5.27. The zero-order chi connectivity index (χ0) is 5.82. The van der Waals surface area contributed by atoms with Crippen LogP contribution in [-0.2, 0) is 4.74 Å². The highest BCUT2D eigenvalue weighted by Gasteiger charge is 2.05. The lowest BCUT2D eigenvalue weighted by Crippen LogP contribution is -2.01. The van der Waals surface area contributed by atoms with Crippen molar-refractivity contribution in [3.05, 3.63) is 0 Å². The maximum Gasteiger partial charge on any atom is 0.0999 e. The molecule has 0 radical (unpaired) electrons. The van der Waals surface area contributed by atoms with Crippen LogP contribution in [-0.4, -0.2) is 12.0 Å². The van der Waals surface area contributed by atoms with E-state index in [0.717, 1.165) is 13.0 Å². The Labute approximate surface area is 55.8 Å². The van der Waals surface area contributed by atoms with Crippen molar-refractivity contribution in [2.45, 2.75) is 31.1 Å². The van der Waals surface area contributed by atoms with Gasteiger partial charge in [-0.05, 0) is 19.3 Å². The van der Waals surface area contributed by atoms with E-state index in [2.05, 4.69) is 12.6 Å². The smallest absolute Gasteiger partial charge is 0.0999 e. The van der Waals surface area contributed by atoms with E-state index < -0.39 is 0 Å². The monoisotopic (exact) mass is 132 g/mol. The van der Waals surface area contributed by atoms with E-state index in [1.165, 1.54) is 19.3 Å². The Hall–Kier alpha value is 0.310. The topological polar surface area (TPSA) is 9.23 Å². The quantitative estimate of drug-likeness (QED) is 0.495. The van der Waals surface area contributed by atoms with Crippen LogP contribution in [0.5, 0.6) is 0 Å². The Morgan fingerprint density at radius 1 is 1.25 bits per heavy atom. The molecule has 0 aromatic rings. The van der Waals surface area contributed by atoms with Crippen LogP contribution in [0.4, 0.5) is 0 Å². The predicted octanol–water partition coefficient (Wildman–Crippen LogP) is 1.83. The average Bonchev–Trinajstić information content (AvgIpc) is 1.94. The van der Waals surface area contributed by atoms with Crippen molar-refractivity contribution < 1.29 is 4.74 Å². The van der Waals surface area contributed by atoms with E-state index in [4.69, 9.17) is 4.74 Å². The largest absolute Gasteiger partial charge is 0.368 e. The van der Waals surface area contributed by atoms with E-state index >= 15 is 0 Å². The summed E-state index contributed by atoms with van der Waals surface area (Å²) in [6.07, 6.45) is 4.95. The molecule has 0 bridgehead atoms. The molecule has 0 aromatic heterocycles. The number of hydrogen-bond donors (Lipinski definition) is 1. The van der Waals surface area contributed by atoms with Crippen LogP contribution >= 0.6 is 12.6 Å². The molecular formula is C6H12OS. The highest BCUT2D eigenvalue weighted by molar-refractivity contribution is 7.80. The van der Waals surface area contributed by atoms with Crippen molar-refractivity contribution in [1.29, 1.82) is 0 Å². The predicted molar refractivity (Wildman–Crippen MR) is 37.2 cm³/mol. The van der Waals surface area contributed by atoms with Crippen molar-refractivity contribution in [3.63, 3.8) is 0 Å². The summed E-state index contributed by atoms with van der Waals surface area (Å²) in [6, 6.07) is 0. The van der Waals surface area contributed by atoms with Crippen molar-refractivity contribution in [3.8, 4) is 0 Å². The van der Waals surface area contributed by atoms with Crippen LogP contribution in [0.2, 0.25) is 0 Å². The minimum absolute atomic E-state index is 0.220. The molecular weight excluding hydrogens is 120 g/mol. The molecule has 1 aliphatic heterocycles. The van der Waals surface area contributed by atoms with Gasteiger partial charge in [-0.1, -0.05) is 6.42 Å². The zero-order valence-electron chi connectivity index (χ0n) is 4.97. The van der Waals surface area contributed by atoms with Crippen LogP contribution in [0, 0.1) is 0 Å². The summed E-state index contributed by atoms with van der Waals surface area (Å²) >= 11 is 4.21. The van der Waals surface area contributed by atoms with E-state index in [1.54, 1.807) is 0 Å². The molecule has 0 spiro atoms. The lowest BCUT2D eigenvalue weighted by Gasteiger charge is -2.04. The van der Waals surface area contributed by atoms with Gasteiger partial charge in [0.25, 0.3) is 0 Å². The molecule has 1 heterocycles. The van der Waals surface area contributed by atoms with Crippen LogP contribution in [0.3, 0.4) is 0 Å². The van der Waals surface area contributed by atoms with Gasteiger partial charge in [0.15, 0.2) is 0 Å². The third kappa shape index (κ3) is 2.05. The van der Waals surface area contributed by atoms with Gasteiger partial charge in [-0.3, -0.25) is 0 Å². The molecule has 1 atom stereocenters. The second kappa shape index (κ2) is 3.36. The van der Waals surface area contributed by atoms with E-state index in [1.807, 2.05) is 0 Å². The molecule has 1 unspecified atom stereocenters. The molecule has 0 aromatic carbocycles. The molecule has 0 saturated carbocycles. The Bertz CT molecular complexity index is 57.5. The molecule has 1 saturated heterocycles. The molecule has 0 amide bonds. The van der Waals surface area contributed by atoms with Gasteiger partial charge in [-0.25, -0.2) is 0 Å². The summed E-state index contributed by atoms with van der Waals surface area (Å²) in [5.74, 6) is 0. The van der Waals surface area contributed by atoms with Gasteiger partial charge in [0.1, 0.15) is 0 Å². The third-order valence-electron chi connectivity index (χ3n) is 1.41. The first-order chi connectivity index (χ1) is 3.89. The highest BCUT2D eigenvalue weighted by atomic mass is 32.1. The fraction of sp³-hybridized carbons (Fsp3) is 1.00. The van der Waals surface area contributed by atoms with E-state index in [9.17, 15) is 0 Å². The van der Waals surface area contributed by atoms with Crippen molar-refractivity contribution in [2.75, 3.05) is 6.61 Å². The molecule has 1 nitrogen and oxygen atoms in total. The molecule has 1 fully saturated rings. The van der Waals surface area contributed by atoms with Crippen molar-refractivity contribution in [2.24, 2.45) is 0 Å². The standard InChI is InChI=1S/C6H12OS/c8-6-4-2-1-3-5-7-6/h6,8H,1-5H2. The van der Waals surface area contributed by atoms with Gasteiger partial charge in [-0.15, -0.1) is 12.6 Å². The minimum Gasteiger partial charge on any atom is -0.368 e. The molecule has 8 heavy (non-hydrogen) atoms. The van der Waals surface area contributed by atoms with Crippen LogP contribution < -0.4 is 0 Å². The number of hydrogen-bond acceptors (Lipinski definition) is 2. The first kappa shape index (κ1) is 6.43. The van der Waals surface area contributed by atoms with Crippen molar-refractivity contribution >= 4 is 12.6 Å². The summed E-state index contributed by atoms with van der Waals surface area (Å²) in [5.41, 5.74) is 0.220. The Morgan fingerprint density at radius 2 is 2.12 bits per heavy atom. The summed E-state index contributed by atoms with van der Waals surface area (Å²) in [5, 5.41) is 0. The lowest BCUT2D eigenvalue weighted by atomic mass is 10.2. The molecule has 0 aliphatic carbocycles. The van der Waals surface area contributed by atoms with Gasteiger partial charge in [-0.2, -0.15) is 0 Å². The SMILES string of the molecule is SC1CCCCCO1. The second-order valence-electron chi connectivity index (χ2n) is 2.17. The average molecular weight is 132 g/mol. The summed E-state index contributed by atoms with van der Waals surface area (Å²) in [6.45, 7) is 0.911. The number of rotatable bonds is 0. The maximum atomic E-state index is 5.27.